The van der Waals surface area contributed by atoms with Crippen LogP contribution >= 0.6 is 23.5 Å². The monoisotopic (exact) mass is 248 g/mol. The highest BCUT2D eigenvalue weighted by molar-refractivity contribution is 8.23. The molecular formula is C11H20O2S2. The molecule has 0 aromatic rings. The third kappa shape index (κ3) is 4.03. The molecule has 0 aliphatic carbocycles. The fourth-order valence-electron chi connectivity index (χ4n) is 1.01. The van der Waals surface area contributed by atoms with Crippen LogP contribution in [0.3, 0.4) is 0 Å². The van der Waals surface area contributed by atoms with E-state index in [1.54, 1.807) is 0 Å². The lowest BCUT2D eigenvalue weighted by atomic mass is 10.2. The quantitative estimate of drug-likeness (QED) is 0.756. The first-order chi connectivity index (χ1) is 6.20. The second kappa shape index (κ2) is 7.99. The Labute approximate surface area is 101 Å². The number of hydrogen-bond acceptors (Lipinski definition) is 4. The van der Waals surface area contributed by atoms with Crippen LogP contribution in [0.15, 0.2) is 9.81 Å². The number of rotatable bonds is 4. The number of thioether (sulfide) groups is 2. The number of hydrogen-bond donors (Lipinski definition) is 0. The molecule has 0 amide bonds. The molecule has 1 aliphatic heterocycles. The Morgan fingerprint density at radius 3 is 1.60 bits per heavy atom. The van der Waals surface area contributed by atoms with Crippen molar-refractivity contribution in [2.45, 2.75) is 41.5 Å². The number of carbonyl (C=O) groups excluding carboxylic acids is 2. The van der Waals surface area contributed by atoms with Gasteiger partial charge in [0.15, 0.2) is 11.6 Å². The summed E-state index contributed by atoms with van der Waals surface area (Å²) in [6.45, 7) is 3.65. The molecule has 88 valence electrons. The normalized spacial score (nSPS) is 14.3. The highest BCUT2D eigenvalue weighted by Crippen LogP contribution is 2.40. The molecule has 0 atom stereocenters. The van der Waals surface area contributed by atoms with Crippen molar-refractivity contribution in [2.24, 2.45) is 0 Å². The molecule has 0 saturated carbocycles. The summed E-state index contributed by atoms with van der Waals surface area (Å²) in [6.07, 6.45) is 0.979. The predicted octanol–water partition coefficient (Wildman–Crippen LogP) is 3.87. The summed E-state index contributed by atoms with van der Waals surface area (Å²) >= 11 is 3.00. The minimum atomic E-state index is 0. The molecule has 0 fully saturated rings. The standard InChI is InChI=1S/C9H12O2S2.2CH4/c1-3-6(10)8-9(7(11)4-2)13-5-12-8;;/h3-5H2,1-2H3;2*1H4. The third-order valence-corrected chi connectivity index (χ3v) is 4.27. The minimum absolute atomic E-state index is 0. The Bertz CT molecular complexity index is 244. The maximum atomic E-state index is 11.4. The van der Waals surface area contributed by atoms with Gasteiger partial charge in [0.05, 0.1) is 9.81 Å². The van der Waals surface area contributed by atoms with Gasteiger partial charge in [-0.05, 0) is 0 Å². The average molecular weight is 248 g/mol. The number of ketones is 2. The van der Waals surface area contributed by atoms with Crippen LogP contribution in [0.4, 0.5) is 0 Å². The van der Waals surface area contributed by atoms with E-state index >= 15 is 0 Å². The van der Waals surface area contributed by atoms with Gasteiger partial charge in [0.2, 0.25) is 0 Å². The summed E-state index contributed by atoms with van der Waals surface area (Å²) in [6, 6.07) is 0. The molecule has 0 bridgehead atoms. The van der Waals surface area contributed by atoms with E-state index in [-0.39, 0.29) is 26.4 Å². The van der Waals surface area contributed by atoms with Crippen molar-refractivity contribution in [2.75, 3.05) is 5.08 Å². The molecule has 1 aliphatic rings. The predicted molar refractivity (Wildman–Crippen MR) is 71.1 cm³/mol. The van der Waals surface area contributed by atoms with Gasteiger partial charge in [-0.1, -0.05) is 28.7 Å². The van der Waals surface area contributed by atoms with Crippen molar-refractivity contribution in [3.8, 4) is 0 Å². The van der Waals surface area contributed by atoms with E-state index in [4.69, 9.17) is 0 Å². The van der Waals surface area contributed by atoms with Crippen molar-refractivity contribution in [1.29, 1.82) is 0 Å². The summed E-state index contributed by atoms with van der Waals surface area (Å²) in [5, 5.41) is 0.808. The molecule has 0 unspecified atom stereocenters. The fraction of sp³-hybridized carbons (Fsp3) is 0.636. The van der Waals surface area contributed by atoms with Gasteiger partial charge < -0.3 is 0 Å². The third-order valence-electron chi connectivity index (χ3n) is 1.76. The Hall–Kier alpha value is -0.220. The molecule has 0 saturated heterocycles. The lowest BCUT2D eigenvalue weighted by molar-refractivity contribution is -0.116. The van der Waals surface area contributed by atoms with Crippen molar-refractivity contribution in [3.63, 3.8) is 0 Å². The molecule has 0 aromatic heterocycles. The lowest BCUT2D eigenvalue weighted by Crippen LogP contribution is -2.03. The Morgan fingerprint density at radius 1 is 1.00 bits per heavy atom. The minimum Gasteiger partial charge on any atom is -0.294 e. The molecular weight excluding hydrogens is 228 g/mol. The van der Waals surface area contributed by atoms with E-state index in [1.165, 1.54) is 23.5 Å². The van der Waals surface area contributed by atoms with Crippen molar-refractivity contribution in [1.82, 2.24) is 0 Å². The second-order valence-electron chi connectivity index (χ2n) is 2.62. The van der Waals surface area contributed by atoms with Gasteiger partial charge >= 0.3 is 0 Å². The maximum absolute atomic E-state index is 11.4. The molecule has 4 heteroatoms. The Kier molecular flexibility index (Phi) is 9.16. The van der Waals surface area contributed by atoms with E-state index in [9.17, 15) is 9.59 Å². The van der Waals surface area contributed by atoms with Crippen LogP contribution in [0.25, 0.3) is 0 Å². The number of carbonyl (C=O) groups is 2. The van der Waals surface area contributed by atoms with Crippen LogP contribution in [-0.4, -0.2) is 16.7 Å². The van der Waals surface area contributed by atoms with E-state index in [0.29, 0.717) is 22.7 Å². The van der Waals surface area contributed by atoms with Crippen molar-refractivity contribution >= 4 is 35.1 Å². The van der Waals surface area contributed by atoms with Crippen LogP contribution in [-0.2, 0) is 9.59 Å². The maximum Gasteiger partial charge on any atom is 0.170 e. The van der Waals surface area contributed by atoms with Crippen LogP contribution in [0.5, 0.6) is 0 Å². The van der Waals surface area contributed by atoms with Gasteiger partial charge in [-0.2, -0.15) is 0 Å². The molecule has 1 heterocycles. The van der Waals surface area contributed by atoms with Crippen LogP contribution in [0.2, 0.25) is 0 Å². The van der Waals surface area contributed by atoms with Crippen LogP contribution in [0.1, 0.15) is 41.5 Å². The average Bonchev–Trinajstić information content (AvgIpc) is 2.63. The van der Waals surface area contributed by atoms with E-state index < -0.39 is 0 Å². The fourth-order valence-corrected chi connectivity index (χ4v) is 3.65. The van der Waals surface area contributed by atoms with E-state index in [2.05, 4.69) is 0 Å². The molecule has 0 radical (unpaired) electrons. The van der Waals surface area contributed by atoms with Gasteiger partial charge in [0.25, 0.3) is 0 Å². The zero-order valence-electron chi connectivity index (χ0n) is 7.75. The highest BCUT2D eigenvalue weighted by Gasteiger charge is 2.24. The first kappa shape index (κ1) is 17.2. The first-order valence-corrected chi connectivity index (χ1v) is 6.24. The molecule has 0 aromatic carbocycles. The number of Topliss-reactive ketones (excluding diaryl/α,β-unsaturated/α-hetero) is 2. The summed E-state index contributed by atoms with van der Waals surface area (Å²) in [5.41, 5.74) is 0. The zero-order chi connectivity index (χ0) is 9.84. The zero-order valence-corrected chi connectivity index (χ0v) is 9.39. The summed E-state index contributed by atoms with van der Waals surface area (Å²) < 4.78 is 0. The Morgan fingerprint density at radius 2 is 1.33 bits per heavy atom. The number of allylic oxidation sites excluding steroid dienone is 2. The van der Waals surface area contributed by atoms with Gasteiger partial charge in [-0.25, -0.2) is 0 Å². The molecule has 0 spiro atoms. The van der Waals surface area contributed by atoms with Crippen molar-refractivity contribution < 1.29 is 9.59 Å². The second-order valence-corrected chi connectivity index (χ2v) is 4.95. The summed E-state index contributed by atoms with van der Waals surface area (Å²) in [5.74, 6) is 0.207. The topological polar surface area (TPSA) is 34.1 Å². The van der Waals surface area contributed by atoms with Gasteiger partial charge in [0.1, 0.15) is 0 Å². The van der Waals surface area contributed by atoms with E-state index in [1.807, 2.05) is 13.8 Å². The smallest absolute Gasteiger partial charge is 0.170 e. The van der Waals surface area contributed by atoms with Crippen LogP contribution in [0, 0.1) is 0 Å². The molecule has 2 nitrogen and oxygen atoms in total. The molecule has 1 rings (SSSR count). The van der Waals surface area contributed by atoms with Gasteiger partial charge in [-0.3, -0.25) is 9.59 Å². The highest BCUT2D eigenvalue weighted by atomic mass is 32.2. The Balaban J connectivity index is 0. The summed E-state index contributed by atoms with van der Waals surface area (Å²) in [7, 11) is 0. The molecule has 15 heavy (non-hydrogen) atoms. The van der Waals surface area contributed by atoms with Crippen LogP contribution < -0.4 is 0 Å². The largest absolute Gasteiger partial charge is 0.294 e. The van der Waals surface area contributed by atoms with Gasteiger partial charge in [0, 0.05) is 17.9 Å². The molecule has 0 N–H and O–H groups in total. The van der Waals surface area contributed by atoms with Crippen molar-refractivity contribution in [3.05, 3.63) is 9.81 Å². The van der Waals surface area contributed by atoms with Gasteiger partial charge in [-0.15, -0.1) is 23.5 Å². The lowest BCUT2D eigenvalue weighted by Gasteiger charge is -2.00. The van der Waals surface area contributed by atoms with E-state index in [0.717, 1.165) is 5.08 Å². The first-order valence-electron chi connectivity index (χ1n) is 4.27. The summed E-state index contributed by atoms with van der Waals surface area (Å²) in [4.78, 5) is 24.2. The SMILES string of the molecule is C.C.CCC(=O)C1=C(C(=O)CC)SCS1.